The highest BCUT2D eigenvalue weighted by Gasteiger charge is 2.30. The molecule has 13 heavy (non-hydrogen) atoms. The van der Waals surface area contributed by atoms with Gasteiger partial charge in [-0.05, 0) is 37.6 Å². The van der Waals surface area contributed by atoms with Crippen molar-refractivity contribution in [3.8, 4) is 0 Å². The van der Waals surface area contributed by atoms with Crippen molar-refractivity contribution in [2.24, 2.45) is 5.41 Å². The van der Waals surface area contributed by atoms with Crippen LogP contribution in [0.3, 0.4) is 0 Å². The molecule has 0 heterocycles. The van der Waals surface area contributed by atoms with Crippen molar-refractivity contribution < 1.29 is 4.74 Å². The second-order valence-electron chi connectivity index (χ2n) is 4.90. The van der Waals surface area contributed by atoms with Gasteiger partial charge in [0.25, 0.3) is 0 Å². The van der Waals surface area contributed by atoms with Crippen LogP contribution in [-0.4, -0.2) is 26.3 Å². The van der Waals surface area contributed by atoms with Crippen molar-refractivity contribution >= 4 is 0 Å². The van der Waals surface area contributed by atoms with Gasteiger partial charge in [0, 0.05) is 19.8 Å². The van der Waals surface area contributed by atoms with Gasteiger partial charge in [-0.1, -0.05) is 13.8 Å². The van der Waals surface area contributed by atoms with E-state index in [4.69, 9.17) is 4.74 Å². The lowest BCUT2D eigenvalue weighted by atomic mass is 9.92. The Morgan fingerprint density at radius 1 is 1.46 bits per heavy atom. The predicted molar refractivity (Wildman–Crippen MR) is 55.9 cm³/mol. The summed E-state index contributed by atoms with van der Waals surface area (Å²) in [4.78, 5) is 0. The first-order chi connectivity index (χ1) is 6.14. The minimum absolute atomic E-state index is 0.568. The maximum atomic E-state index is 5.01. The smallest absolute Gasteiger partial charge is 0.0474 e. The molecule has 0 aliphatic heterocycles. The van der Waals surface area contributed by atoms with Gasteiger partial charge >= 0.3 is 0 Å². The average molecular weight is 185 g/mol. The highest BCUT2D eigenvalue weighted by molar-refractivity contribution is 4.86. The van der Waals surface area contributed by atoms with E-state index in [1.54, 1.807) is 7.11 Å². The van der Waals surface area contributed by atoms with E-state index in [9.17, 15) is 0 Å². The molecule has 1 aliphatic rings. The summed E-state index contributed by atoms with van der Waals surface area (Å²) in [5, 5.41) is 3.59. The number of hydrogen-bond acceptors (Lipinski definition) is 2. The molecule has 1 aliphatic carbocycles. The molecule has 1 rings (SSSR count). The zero-order valence-electron chi connectivity index (χ0n) is 9.23. The van der Waals surface area contributed by atoms with Crippen molar-refractivity contribution in [1.82, 2.24) is 5.32 Å². The third-order valence-electron chi connectivity index (χ3n) is 2.93. The fraction of sp³-hybridized carbons (Fsp3) is 1.00. The first-order valence-electron chi connectivity index (χ1n) is 5.36. The Labute approximate surface area is 82.0 Å². The normalized spacial score (nSPS) is 26.5. The van der Waals surface area contributed by atoms with Gasteiger partial charge in [-0.15, -0.1) is 0 Å². The van der Waals surface area contributed by atoms with Crippen LogP contribution in [0.1, 0.15) is 39.5 Å². The summed E-state index contributed by atoms with van der Waals surface area (Å²) in [6, 6.07) is 0.756. The lowest BCUT2D eigenvalue weighted by molar-refractivity contribution is 0.193. The van der Waals surface area contributed by atoms with Crippen LogP contribution in [0.2, 0.25) is 0 Å². The van der Waals surface area contributed by atoms with Gasteiger partial charge in [-0.2, -0.15) is 0 Å². The summed E-state index contributed by atoms with van der Waals surface area (Å²) in [6.45, 7) is 6.71. The molecule has 0 spiro atoms. The van der Waals surface area contributed by atoms with Crippen molar-refractivity contribution in [3.05, 3.63) is 0 Å². The van der Waals surface area contributed by atoms with Crippen molar-refractivity contribution in [2.45, 2.75) is 45.6 Å². The molecular weight excluding hydrogens is 162 g/mol. The molecule has 0 aromatic rings. The van der Waals surface area contributed by atoms with Crippen LogP contribution in [0, 0.1) is 5.41 Å². The lowest BCUT2D eigenvalue weighted by Gasteiger charge is -2.17. The molecule has 0 aromatic heterocycles. The first-order valence-corrected chi connectivity index (χ1v) is 5.36. The summed E-state index contributed by atoms with van der Waals surface area (Å²) in [6.07, 6.45) is 5.18. The van der Waals surface area contributed by atoms with Gasteiger partial charge in [0.05, 0.1) is 0 Å². The molecule has 0 amide bonds. The molecule has 78 valence electrons. The van der Waals surface area contributed by atoms with Gasteiger partial charge in [0.2, 0.25) is 0 Å². The molecule has 1 N–H and O–H groups in total. The highest BCUT2D eigenvalue weighted by atomic mass is 16.5. The van der Waals surface area contributed by atoms with Crippen molar-refractivity contribution in [3.63, 3.8) is 0 Å². The number of hydrogen-bond donors (Lipinski definition) is 1. The molecule has 2 nitrogen and oxygen atoms in total. The van der Waals surface area contributed by atoms with E-state index in [0.717, 1.165) is 25.6 Å². The Morgan fingerprint density at radius 3 is 2.77 bits per heavy atom. The maximum Gasteiger partial charge on any atom is 0.0474 e. The summed E-state index contributed by atoms with van der Waals surface area (Å²) < 4.78 is 5.01. The molecule has 2 heteroatoms. The summed E-state index contributed by atoms with van der Waals surface area (Å²) >= 11 is 0. The molecule has 1 unspecified atom stereocenters. The minimum atomic E-state index is 0.568. The van der Waals surface area contributed by atoms with E-state index in [0.29, 0.717) is 5.41 Å². The zero-order valence-corrected chi connectivity index (χ0v) is 9.23. The van der Waals surface area contributed by atoms with Crippen molar-refractivity contribution in [2.75, 3.05) is 20.3 Å². The predicted octanol–water partition coefficient (Wildman–Crippen LogP) is 2.19. The quantitative estimate of drug-likeness (QED) is 0.663. The summed E-state index contributed by atoms with van der Waals surface area (Å²) in [7, 11) is 1.76. The van der Waals surface area contributed by atoms with Crippen LogP contribution < -0.4 is 5.32 Å². The van der Waals surface area contributed by atoms with E-state index in [1.807, 2.05) is 0 Å². The van der Waals surface area contributed by atoms with Crippen LogP contribution >= 0.6 is 0 Å². The Balaban J connectivity index is 2.04. The zero-order chi connectivity index (χ0) is 9.73. The van der Waals surface area contributed by atoms with Crippen LogP contribution in [-0.2, 0) is 4.74 Å². The van der Waals surface area contributed by atoms with Crippen LogP contribution in [0.25, 0.3) is 0 Å². The van der Waals surface area contributed by atoms with Crippen molar-refractivity contribution in [1.29, 1.82) is 0 Å². The number of methoxy groups -OCH3 is 1. The fourth-order valence-electron chi connectivity index (χ4n) is 2.13. The molecule has 0 saturated heterocycles. The molecular formula is C11H23NO. The molecule has 1 atom stereocenters. The standard InChI is InChI=1S/C11H23NO/c1-11(2)6-5-10(9-11)12-7-4-8-13-3/h10,12H,4-9H2,1-3H3. The van der Waals surface area contributed by atoms with E-state index in [1.165, 1.54) is 19.3 Å². The number of ether oxygens (including phenoxy) is 1. The van der Waals surface area contributed by atoms with Gasteiger partial charge in [0.1, 0.15) is 0 Å². The van der Waals surface area contributed by atoms with E-state index < -0.39 is 0 Å². The number of rotatable bonds is 5. The van der Waals surface area contributed by atoms with E-state index in [2.05, 4.69) is 19.2 Å². The van der Waals surface area contributed by atoms with Gasteiger partial charge < -0.3 is 10.1 Å². The molecule has 1 fully saturated rings. The largest absolute Gasteiger partial charge is 0.385 e. The Kier molecular flexibility index (Phi) is 4.20. The number of nitrogens with one attached hydrogen (secondary N) is 1. The maximum absolute atomic E-state index is 5.01. The van der Waals surface area contributed by atoms with Gasteiger partial charge in [0.15, 0.2) is 0 Å². The average Bonchev–Trinajstić information content (AvgIpc) is 2.40. The molecule has 0 bridgehead atoms. The minimum Gasteiger partial charge on any atom is -0.385 e. The second-order valence-corrected chi connectivity index (χ2v) is 4.90. The van der Waals surface area contributed by atoms with Crippen LogP contribution in [0.5, 0.6) is 0 Å². The van der Waals surface area contributed by atoms with Gasteiger partial charge in [-0.3, -0.25) is 0 Å². The monoisotopic (exact) mass is 185 g/mol. The fourth-order valence-corrected chi connectivity index (χ4v) is 2.13. The summed E-state index contributed by atoms with van der Waals surface area (Å²) in [5.74, 6) is 0. The SMILES string of the molecule is COCCCNC1CCC(C)(C)C1. The van der Waals surface area contributed by atoms with Crippen LogP contribution in [0.4, 0.5) is 0 Å². The van der Waals surface area contributed by atoms with Gasteiger partial charge in [-0.25, -0.2) is 0 Å². The first kappa shape index (κ1) is 11.0. The molecule has 1 saturated carbocycles. The van der Waals surface area contributed by atoms with Crippen LogP contribution in [0.15, 0.2) is 0 Å². The lowest BCUT2D eigenvalue weighted by Crippen LogP contribution is -2.28. The Hall–Kier alpha value is -0.0800. The Morgan fingerprint density at radius 2 is 2.23 bits per heavy atom. The highest BCUT2D eigenvalue weighted by Crippen LogP contribution is 2.36. The molecule has 0 radical (unpaired) electrons. The molecule has 0 aromatic carbocycles. The third kappa shape index (κ3) is 4.10. The second kappa shape index (κ2) is 4.97. The summed E-state index contributed by atoms with van der Waals surface area (Å²) in [5.41, 5.74) is 0.568. The Bertz CT molecular complexity index is 145. The van der Waals surface area contributed by atoms with E-state index >= 15 is 0 Å². The third-order valence-corrected chi connectivity index (χ3v) is 2.93. The van der Waals surface area contributed by atoms with E-state index in [-0.39, 0.29) is 0 Å². The topological polar surface area (TPSA) is 21.3 Å².